The van der Waals surface area contributed by atoms with E-state index < -0.39 is 0 Å². The number of rotatable bonds is 5. The fraction of sp³-hybridized carbons (Fsp3) is 0.379. The summed E-state index contributed by atoms with van der Waals surface area (Å²) in [6.07, 6.45) is 4.53. The van der Waals surface area contributed by atoms with Crippen LogP contribution in [0.2, 0.25) is 0 Å². The van der Waals surface area contributed by atoms with Gasteiger partial charge in [0, 0.05) is 48.3 Å². The Morgan fingerprint density at radius 3 is 2.18 bits per heavy atom. The molecule has 0 radical (unpaired) electrons. The number of nitrogens with zero attached hydrogens (tertiary/aromatic N) is 1. The maximum atomic E-state index is 13.2. The Hall–Kier alpha value is -3.34. The Balaban J connectivity index is 1.54. The third kappa shape index (κ3) is 3.93. The zero-order valence-electron chi connectivity index (χ0n) is 20.1. The van der Waals surface area contributed by atoms with Crippen molar-refractivity contribution in [3.8, 4) is 11.5 Å². The Bertz CT molecular complexity index is 1180. The molecule has 0 saturated heterocycles. The van der Waals surface area contributed by atoms with Crippen LogP contribution in [0.5, 0.6) is 11.5 Å². The van der Waals surface area contributed by atoms with Crippen LogP contribution in [0.1, 0.15) is 61.1 Å². The summed E-state index contributed by atoms with van der Waals surface area (Å²) in [5.41, 5.74) is 6.93. The first kappa shape index (κ1) is 22.5. The van der Waals surface area contributed by atoms with E-state index >= 15 is 0 Å². The van der Waals surface area contributed by atoms with Gasteiger partial charge in [0.05, 0.1) is 7.11 Å². The summed E-state index contributed by atoms with van der Waals surface area (Å²) < 4.78 is 11.8. The van der Waals surface area contributed by atoms with Gasteiger partial charge in [-0.05, 0) is 55.9 Å². The molecule has 0 fully saturated rings. The third-order valence-corrected chi connectivity index (χ3v) is 7.24. The third-order valence-electron chi connectivity index (χ3n) is 7.24. The molecule has 0 aromatic heterocycles. The summed E-state index contributed by atoms with van der Waals surface area (Å²) in [5.74, 6) is 1.24. The van der Waals surface area contributed by atoms with E-state index in [-0.39, 0.29) is 17.5 Å². The van der Waals surface area contributed by atoms with Gasteiger partial charge >= 0.3 is 0 Å². The lowest BCUT2D eigenvalue weighted by Gasteiger charge is -2.42. The van der Waals surface area contributed by atoms with Crippen molar-refractivity contribution in [3.05, 3.63) is 81.7 Å². The first-order valence-corrected chi connectivity index (χ1v) is 12.1. The molecule has 1 heterocycles. The van der Waals surface area contributed by atoms with Crippen LogP contribution in [0.4, 0.5) is 0 Å². The molecule has 0 N–H and O–H groups in total. The molecular formula is C29H31NO4. The minimum Gasteiger partial charge on any atom is -0.493 e. The Morgan fingerprint density at radius 2 is 1.56 bits per heavy atom. The summed E-state index contributed by atoms with van der Waals surface area (Å²) in [7, 11) is 3.64. The van der Waals surface area contributed by atoms with Crippen LogP contribution < -0.4 is 9.47 Å². The first-order chi connectivity index (χ1) is 16.5. The Morgan fingerprint density at radius 1 is 0.882 bits per heavy atom. The lowest BCUT2D eigenvalue weighted by Crippen LogP contribution is -2.37. The molecule has 2 aromatic carbocycles. The van der Waals surface area contributed by atoms with Crippen LogP contribution in [0.15, 0.2) is 65.0 Å². The molecule has 5 nitrogen and oxygen atoms in total. The van der Waals surface area contributed by atoms with Gasteiger partial charge in [0.1, 0.15) is 6.61 Å². The second-order valence-electron chi connectivity index (χ2n) is 9.45. The van der Waals surface area contributed by atoms with Gasteiger partial charge in [-0.3, -0.25) is 9.59 Å². The average molecular weight is 458 g/mol. The summed E-state index contributed by atoms with van der Waals surface area (Å²) in [6, 6.07) is 14.1. The summed E-state index contributed by atoms with van der Waals surface area (Å²) in [5, 5.41) is 0. The predicted octanol–water partition coefficient (Wildman–Crippen LogP) is 5.63. The summed E-state index contributed by atoms with van der Waals surface area (Å²) in [6.45, 7) is 2.50. The Labute approximate surface area is 201 Å². The zero-order chi connectivity index (χ0) is 23.8. The number of methoxy groups -OCH3 is 1. The standard InChI is InChI=1S/C29H31NO4/c1-18-7-4-8-19(15-18)17-34-25-14-13-20(16-26(25)33-3)27-28-21(9-5-11-23(28)31)30(2)22-10-6-12-24(32)29(22)27/h4,7-8,13-16,27H,5-6,9-12,17H2,1-3H3. The highest BCUT2D eigenvalue weighted by Crippen LogP contribution is 2.49. The number of Topliss-reactive ketones (excluding diaryl/α,β-unsaturated/α-hetero) is 2. The minimum atomic E-state index is -0.332. The highest BCUT2D eigenvalue weighted by molar-refractivity contribution is 6.06. The van der Waals surface area contributed by atoms with Crippen LogP contribution in [-0.4, -0.2) is 30.6 Å². The van der Waals surface area contributed by atoms with Crippen molar-refractivity contribution >= 4 is 11.6 Å². The van der Waals surface area contributed by atoms with Gasteiger partial charge in [0.15, 0.2) is 23.1 Å². The molecule has 0 spiro atoms. The molecule has 34 heavy (non-hydrogen) atoms. The lowest BCUT2D eigenvalue weighted by molar-refractivity contribution is -0.117. The fourth-order valence-electron chi connectivity index (χ4n) is 5.63. The highest BCUT2D eigenvalue weighted by Gasteiger charge is 2.42. The molecule has 5 rings (SSSR count). The number of carbonyl (C=O) groups excluding carboxylic acids is 2. The van der Waals surface area contributed by atoms with Gasteiger partial charge in [-0.1, -0.05) is 35.9 Å². The number of carbonyl (C=O) groups is 2. The van der Waals surface area contributed by atoms with E-state index in [9.17, 15) is 9.59 Å². The van der Waals surface area contributed by atoms with Gasteiger partial charge in [-0.15, -0.1) is 0 Å². The number of hydrogen-bond donors (Lipinski definition) is 0. The van der Waals surface area contributed by atoms with Crippen molar-refractivity contribution < 1.29 is 19.1 Å². The predicted molar refractivity (Wildman–Crippen MR) is 131 cm³/mol. The normalized spacial score (nSPS) is 18.7. The molecule has 176 valence electrons. The molecule has 1 aliphatic heterocycles. The molecule has 0 unspecified atom stereocenters. The quantitative estimate of drug-likeness (QED) is 0.583. The van der Waals surface area contributed by atoms with Gasteiger partial charge in [0.25, 0.3) is 0 Å². The average Bonchev–Trinajstić information content (AvgIpc) is 2.84. The van der Waals surface area contributed by atoms with Crippen molar-refractivity contribution in [3.63, 3.8) is 0 Å². The largest absolute Gasteiger partial charge is 0.493 e. The molecule has 0 atom stereocenters. The second-order valence-corrected chi connectivity index (χ2v) is 9.45. The van der Waals surface area contributed by atoms with E-state index in [0.717, 1.165) is 59.4 Å². The Kier molecular flexibility index (Phi) is 6.03. The van der Waals surface area contributed by atoms with Crippen molar-refractivity contribution in [1.82, 2.24) is 4.90 Å². The van der Waals surface area contributed by atoms with Crippen molar-refractivity contribution in [1.29, 1.82) is 0 Å². The molecule has 0 bridgehead atoms. The van der Waals surface area contributed by atoms with E-state index in [0.29, 0.717) is 30.9 Å². The molecule has 2 aliphatic carbocycles. The zero-order valence-corrected chi connectivity index (χ0v) is 20.1. The molecule has 0 amide bonds. The minimum absolute atomic E-state index is 0.154. The second kappa shape index (κ2) is 9.13. The summed E-state index contributed by atoms with van der Waals surface area (Å²) >= 11 is 0. The number of benzene rings is 2. The first-order valence-electron chi connectivity index (χ1n) is 12.1. The van der Waals surface area contributed by atoms with E-state index in [1.54, 1.807) is 7.11 Å². The number of hydrogen-bond acceptors (Lipinski definition) is 5. The van der Waals surface area contributed by atoms with E-state index in [1.165, 1.54) is 5.56 Å². The SMILES string of the molecule is COc1cc(C2C3=C(CCCC3=O)N(C)C3=C2C(=O)CCC3)ccc1OCc1cccc(C)c1. The van der Waals surface area contributed by atoms with E-state index in [1.807, 2.05) is 37.4 Å². The van der Waals surface area contributed by atoms with Crippen molar-refractivity contribution in [2.75, 3.05) is 14.2 Å². The van der Waals surface area contributed by atoms with Crippen LogP contribution in [0, 0.1) is 6.92 Å². The van der Waals surface area contributed by atoms with Crippen molar-refractivity contribution in [2.24, 2.45) is 0 Å². The van der Waals surface area contributed by atoms with Crippen LogP contribution in [0.25, 0.3) is 0 Å². The number of aryl methyl sites for hydroxylation is 1. The van der Waals surface area contributed by atoms with Crippen molar-refractivity contribution in [2.45, 2.75) is 58.0 Å². The maximum Gasteiger partial charge on any atom is 0.161 e. The lowest BCUT2D eigenvalue weighted by atomic mass is 9.71. The monoisotopic (exact) mass is 457 g/mol. The molecule has 5 heteroatoms. The topological polar surface area (TPSA) is 55.8 Å². The highest BCUT2D eigenvalue weighted by atomic mass is 16.5. The van der Waals surface area contributed by atoms with E-state index in [4.69, 9.17) is 9.47 Å². The molecule has 2 aromatic rings. The van der Waals surface area contributed by atoms with Gasteiger partial charge in [0.2, 0.25) is 0 Å². The van der Waals surface area contributed by atoms with Crippen LogP contribution in [-0.2, 0) is 16.2 Å². The molecular weight excluding hydrogens is 426 g/mol. The van der Waals surface area contributed by atoms with Gasteiger partial charge in [-0.2, -0.15) is 0 Å². The maximum absolute atomic E-state index is 13.2. The number of allylic oxidation sites excluding steroid dienone is 4. The molecule has 0 saturated carbocycles. The number of ether oxygens (including phenoxy) is 2. The number of ketones is 2. The van der Waals surface area contributed by atoms with Gasteiger partial charge < -0.3 is 14.4 Å². The van der Waals surface area contributed by atoms with E-state index in [2.05, 4.69) is 24.0 Å². The molecule has 3 aliphatic rings. The fourth-order valence-corrected chi connectivity index (χ4v) is 5.63. The van der Waals surface area contributed by atoms with Gasteiger partial charge in [-0.25, -0.2) is 0 Å². The van der Waals surface area contributed by atoms with Crippen LogP contribution in [0.3, 0.4) is 0 Å². The van der Waals surface area contributed by atoms with Crippen LogP contribution >= 0.6 is 0 Å². The smallest absolute Gasteiger partial charge is 0.161 e. The summed E-state index contributed by atoms with van der Waals surface area (Å²) in [4.78, 5) is 28.5.